The Hall–Kier alpha value is -2.89. The van der Waals surface area contributed by atoms with Gasteiger partial charge in [0, 0.05) is 18.5 Å². The van der Waals surface area contributed by atoms with E-state index in [2.05, 4.69) is 5.32 Å². The minimum atomic E-state index is -0.553. The van der Waals surface area contributed by atoms with E-state index in [0.29, 0.717) is 18.7 Å². The lowest BCUT2D eigenvalue weighted by Crippen LogP contribution is -2.43. The second kappa shape index (κ2) is 9.77. The molecular formula is C28H33FN2O3. The molecule has 1 aliphatic heterocycles. The third kappa shape index (κ3) is 4.82. The van der Waals surface area contributed by atoms with Crippen molar-refractivity contribution >= 4 is 11.8 Å². The molecule has 2 aromatic rings. The molecule has 2 saturated carbocycles. The standard InChI is InChI=1S/C28H33FN2O3/c1-2-25(27(32)30-22-12-13-22)34-23-14-9-18-15-16-31(28(33)20-5-3-4-6-20)26(24(18)17-23)19-7-10-21(29)11-8-19/h7-11,14,17,20,22,25-26H,2-6,12-13,15-16H2,1H3,(H,30,32). The topological polar surface area (TPSA) is 58.6 Å². The number of ether oxygens (including phenoxy) is 1. The van der Waals surface area contributed by atoms with Crippen LogP contribution >= 0.6 is 0 Å². The average molecular weight is 465 g/mol. The quantitative estimate of drug-likeness (QED) is 0.632. The fourth-order valence-corrected chi connectivity index (χ4v) is 5.32. The number of fused-ring (bicyclic) bond motifs is 1. The van der Waals surface area contributed by atoms with E-state index < -0.39 is 6.10 Å². The molecule has 0 radical (unpaired) electrons. The number of hydrogen-bond acceptors (Lipinski definition) is 3. The highest BCUT2D eigenvalue weighted by Gasteiger charge is 2.36. The summed E-state index contributed by atoms with van der Waals surface area (Å²) in [4.78, 5) is 28.1. The highest BCUT2D eigenvalue weighted by molar-refractivity contribution is 5.82. The number of halogens is 1. The van der Waals surface area contributed by atoms with Gasteiger partial charge in [-0.25, -0.2) is 4.39 Å². The molecule has 2 atom stereocenters. The van der Waals surface area contributed by atoms with Crippen LogP contribution in [0.1, 0.15) is 74.6 Å². The van der Waals surface area contributed by atoms with Crippen molar-refractivity contribution in [2.75, 3.05) is 6.54 Å². The first kappa shape index (κ1) is 22.9. The maximum atomic E-state index is 13.7. The molecule has 1 N–H and O–H groups in total. The fourth-order valence-electron chi connectivity index (χ4n) is 5.32. The van der Waals surface area contributed by atoms with Crippen molar-refractivity contribution in [3.05, 3.63) is 65.0 Å². The molecule has 1 heterocycles. The Morgan fingerprint density at radius 1 is 1.09 bits per heavy atom. The fraction of sp³-hybridized carbons (Fsp3) is 0.500. The molecule has 0 saturated heterocycles. The Kier molecular flexibility index (Phi) is 6.57. The van der Waals surface area contributed by atoms with Gasteiger partial charge in [0.15, 0.2) is 6.10 Å². The summed E-state index contributed by atoms with van der Waals surface area (Å²) < 4.78 is 19.9. The van der Waals surface area contributed by atoms with Gasteiger partial charge in [-0.1, -0.05) is 38.0 Å². The molecule has 2 unspecified atom stereocenters. The van der Waals surface area contributed by atoms with E-state index in [1.165, 1.54) is 12.1 Å². The van der Waals surface area contributed by atoms with Gasteiger partial charge in [0.2, 0.25) is 5.91 Å². The van der Waals surface area contributed by atoms with E-state index in [-0.39, 0.29) is 35.6 Å². The predicted molar refractivity (Wildman–Crippen MR) is 128 cm³/mol. The van der Waals surface area contributed by atoms with Crippen molar-refractivity contribution < 1.29 is 18.7 Å². The smallest absolute Gasteiger partial charge is 0.261 e. The largest absolute Gasteiger partial charge is 0.481 e. The second-order valence-corrected chi connectivity index (χ2v) is 9.88. The second-order valence-electron chi connectivity index (χ2n) is 9.88. The first-order chi connectivity index (χ1) is 16.5. The number of amides is 2. The van der Waals surface area contributed by atoms with Crippen LogP contribution in [0.15, 0.2) is 42.5 Å². The summed E-state index contributed by atoms with van der Waals surface area (Å²) in [6.07, 6.45) is 6.93. The molecule has 2 fully saturated rings. The van der Waals surface area contributed by atoms with Crippen LogP contribution in [0, 0.1) is 11.7 Å². The summed E-state index contributed by atoms with van der Waals surface area (Å²) in [5.41, 5.74) is 3.05. The van der Waals surface area contributed by atoms with E-state index in [4.69, 9.17) is 4.74 Å². The monoisotopic (exact) mass is 464 g/mol. The predicted octanol–water partition coefficient (Wildman–Crippen LogP) is 4.93. The molecule has 2 amide bonds. The number of hydrogen-bond donors (Lipinski definition) is 1. The summed E-state index contributed by atoms with van der Waals surface area (Å²) in [5, 5.41) is 3.03. The van der Waals surface area contributed by atoms with E-state index in [0.717, 1.165) is 61.6 Å². The van der Waals surface area contributed by atoms with E-state index in [1.807, 2.05) is 30.0 Å². The third-order valence-electron chi connectivity index (χ3n) is 7.38. The number of carbonyl (C=O) groups is 2. The summed E-state index contributed by atoms with van der Waals surface area (Å²) in [5.74, 6) is 0.520. The molecule has 2 aliphatic carbocycles. The van der Waals surface area contributed by atoms with Crippen LogP contribution in [0.2, 0.25) is 0 Å². The Bertz CT molecular complexity index is 1040. The number of carbonyl (C=O) groups excluding carboxylic acids is 2. The summed E-state index contributed by atoms with van der Waals surface area (Å²) >= 11 is 0. The Morgan fingerprint density at radius 2 is 1.82 bits per heavy atom. The van der Waals surface area contributed by atoms with Crippen LogP contribution in [0.3, 0.4) is 0 Å². The van der Waals surface area contributed by atoms with Gasteiger partial charge < -0.3 is 15.0 Å². The molecule has 2 aromatic carbocycles. The molecule has 0 spiro atoms. The Morgan fingerprint density at radius 3 is 2.50 bits per heavy atom. The van der Waals surface area contributed by atoms with Crippen molar-refractivity contribution in [2.45, 2.75) is 76.5 Å². The lowest BCUT2D eigenvalue weighted by Gasteiger charge is -2.39. The lowest BCUT2D eigenvalue weighted by atomic mass is 9.87. The van der Waals surface area contributed by atoms with Gasteiger partial charge in [-0.15, -0.1) is 0 Å². The minimum absolute atomic E-state index is 0.0690. The Labute approximate surface area is 200 Å². The van der Waals surface area contributed by atoms with Gasteiger partial charge in [0.05, 0.1) is 6.04 Å². The molecule has 5 rings (SSSR count). The molecule has 34 heavy (non-hydrogen) atoms. The lowest BCUT2D eigenvalue weighted by molar-refractivity contribution is -0.137. The summed E-state index contributed by atoms with van der Waals surface area (Å²) in [6.45, 7) is 2.59. The van der Waals surface area contributed by atoms with E-state index >= 15 is 0 Å². The van der Waals surface area contributed by atoms with E-state index in [9.17, 15) is 14.0 Å². The van der Waals surface area contributed by atoms with Gasteiger partial charge in [-0.2, -0.15) is 0 Å². The van der Waals surface area contributed by atoms with Crippen molar-refractivity contribution in [1.82, 2.24) is 10.2 Å². The molecule has 0 aromatic heterocycles. The number of benzene rings is 2. The van der Waals surface area contributed by atoms with E-state index in [1.54, 1.807) is 12.1 Å². The van der Waals surface area contributed by atoms with Crippen molar-refractivity contribution in [3.63, 3.8) is 0 Å². The molecular weight excluding hydrogens is 431 g/mol. The van der Waals surface area contributed by atoms with Crippen LogP contribution in [-0.2, 0) is 16.0 Å². The normalized spacial score (nSPS) is 21.1. The van der Waals surface area contributed by atoms with Gasteiger partial charge in [-0.3, -0.25) is 9.59 Å². The number of nitrogens with one attached hydrogen (secondary N) is 1. The minimum Gasteiger partial charge on any atom is -0.481 e. The zero-order chi connectivity index (χ0) is 23.7. The zero-order valence-corrected chi connectivity index (χ0v) is 19.8. The zero-order valence-electron chi connectivity index (χ0n) is 19.8. The van der Waals surface area contributed by atoms with Gasteiger partial charge in [-0.05, 0) is 79.5 Å². The third-order valence-corrected chi connectivity index (χ3v) is 7.38. The van der Waals surface area contributed by atoms with Crippen LogP contribution < -0.4 is 10.1 Å². The van der Waals surface area contributed by atoms with Crippen LogP contribution in [0.4, 0.5) is 4.39 Å². The van der Waals surface area contributed by atoms with Crippen molar-refractivity contribution in [2.24, 2.45) is 5.92 Å². The van der Waals surface area contributed by atoms with Crippen molar-refractivity contribution in [3.8, 4) is 5.75 Å². The molecule has 3 aliphatic rings. The number of rotatable bonds is 7. The molecule has 5 nitrogen and oxygen atoms in total. The Balaban J connectivity index is 1.46. The SMILES string of the molecule is CCC(Oc1ccc2c(c1)C(c1ccc(F)cc1)N(C(=O)C1CCCC1)CC2)C(=O)NC1CC1. The maximum absolute atomic E-state index is 13.7. The summed E-state index contributed by atoms with van der Waals surface area (Å²) in [6, 6.07) is 12.4. The molecule has 180 valence electrons. The van der Waals surface area contributed by atoms with Crippen LogP contribution in [0.5, 0.6) is 5.75 Å². The van der Waals surface area contributed by atoms with Crippen molar-refractivity contribution in [1.29, 1.82) is 0 Å². The average Bonchev–Trinajstić information content (AvgIpc) is 3.49. The maximum Gasteiger partial charge on any atom is 0.261 e. The van der Waals surface area contributed by atoms with Gasteiger partial charge in [0.25, 0.3) is 5.91 Å². The first-order valence-corrected chi connectivity index (χ1v) is 12.7. The molecule has 6 heteroatoms. The van der Waals surface area contributed by atoms with Crippen LogP contribution in [-0.4, -0.2) is 35.4 Å². The summed E-state index contributed by atoms with van der Waals surface area (Å²) in [7, 11) is 0. The van der Waals surface area contributed by atoms with Gasteiger partial charge in [0.1, 0.15) is 11.6 Å². The van der Waals surface area contributed by atoms with Gasteiger partial charge >= 0.3 is 0 Å². The highest BCUT2D eigenvalue weighted by Crippen LogP contribution is 2.40. The van der Waals surface area contributed by atoms with Crippen LogP contribution in [0.25, 0.3) is 0 Å². The highest BCUT2D eigenvalue weighted by atomic mass is 19.1. The molecule has 0 bridgehead atoms. The first-order valence-electron chi connectivity index (χ1n) is 12.7. The number of nitrogens with zero attached hydrogens (tertiary/aromatic N) is 1.